The lowest BCUT2D eigenvalue weighted by molar-refractivity contribution is -0.671. The van der Waals surface area contributed by atoms with Crippen LogP contribution in [0.1, 0.15) is 33.1 Å². The number of nitro groups is 1. The van der Waals surface area contributed by atoms with Crippen LogP contribution in [0.3, 0.4) is 0 Å². The minimum absolute atomic E-state index is 0.144. The number of hydrogen-bond acceptors (Lipinski definition) is 3. The molecule has 0 aromatic heterocycles. The van der Waals surface area contributed by atoms with Crippen molar-refractivity contribution >= 4 is 5.91 Å². The van der Waals surface area contributed by atoms with Gasteiger partial charge >= 0.3 is 0 Å². The Labute approximate surface area is 99.3 Å². The summed E-state index contributed by atoms with van der Waals surface area (Å²) >= 11 is 0. The zero-order valence-corrected chi connectivity index (χ0v) is 10.1. The van der Waals surface area contributed by atoms with Gasteiger partial charge in [0.05, 0.1) is 6.54 Å². The molecule has 3 rings (SSSR count). The van der Waals surface area contributed by atoms with Crippen LogP contribution < -0.4 is 5.73 Å². The molecule has 4 bridgehead atoms. The molecule has 1 heterocycles. The zero-order chi connectivity index (χ0) is 12.6. The Morgan fingerprint density at radius 3 is 2.65 bits per heavy atom. The first kappa shape index (κ1) is 10.8. The Balaban J connectivity index is 2.21. The molecule has 2 aliphatic carbocycles. The van der Waals surface area contributed by atoms with Gasteiger partial charge in [0.15, 0.2) is 10.6 Å². The number of piperidine rings is 1. The van der Waals surface area contributed by atoms with Crippen LogP contribution in [0.25, 0.3) is 0 Å². The maximum absolute atomic E-state index is 11.9. The predicted octanol–water partition coefficient (Wildman–Crippen LogP) is 0.544. The van der Waals surface area contributed by atoms with Gasteiger partial charge in [0.25, 0.3) is 0 Å². The fraction of sp³-hybridized carbons (Fsp3) is 0.909. The summed E-state index contributed by atoms with van der Waals surface area (Å²) in [7, 11) is 0. The molecule has 0 spiro atoms. The van der Waals surface area contributed by atoms with E-state index in [1.54, 1.807) is 0 Å². The van der Waals surface area contributed by atoms with E-state index in [2.05, 4.69) is 6.92 Å². The normalized spacial score (nSPS) is 50.9. The number of carbonyl (C=O) groups is 1. The summed E-state index contributed by atoms with van der Waals surface area (Å²) in [5.74, 6) is -0.126. The summed E-state index contributed by atoms with van der Waals surface area (Å²) in [6, 6.07) is 0. The van der Waals surface area contributed by atoms with E-state index in [-0.39, 0.29) is 10.8 Å². The molecule has 1 amide bonds. The summed E-state index contributed by atoms with van der Waals surface area (Å²) in [5.41, 5.74) is 3.99. The van der Waals surface area contributed by atoms with Crippen LogP contribution in [0.5, 0.6) is 0 Å². The van der Waals surface area contributed by atoms with Gasteiger partial charge in [-0.2, -0.15) is 0 Å². The van der Waals surface area contributed by atoms with Crippen LogP contribution in [0, 0.1) is 26.9 Å². The van der Waals surface area contributed by atoms with Gasteiger partial charge in [0.2, 0.25) is 5.91 Å². The quantitative estimate of drug-likeness (QED) is 0.562. The van der Waals surface area contributed by atoms with Gasteiger partial charge < -0.3 is 5.73 Å². The molecule has 4 unspecified atom stereocenters. The maximum atomic E-state index is 11.9. The first-order chi connectivity index (χ1) is 7.79. The molecule has 3 aliphatic rings. The highest BCUT2D eigenvalue weighted by molar-refractivity contribution is 5.87. The van der Waals surface area contributed by atoms with E-state index in [0.717, 1.165) is 17.9 Å². The third-order valence-electron chi connectivity index (χ3n) is 6.13. The van der Waals surface area contributed by atoms with Gasteiger partial charge in [0.1, 0.15) is 0 Å². The average Bonchev–Trinajstić information content (AvgIpc) is 2.68. The van der Waals surface area contributed by atoms with Crippen molar-refractivity contribution in [2.75, 3.05) is 6.54 Å². The van der Waals surface area contributed by atoms with E-state index in [1.807, 2.05) is 6.92 Å². The highest BCUT2D eigenvalue weighted by Gasteiger charge is 2.83. The molecule has 1 saturated heterocycles. The van der Waals surface area contributed by atoms with Crippen LogP contribution in [0.15, 0.2) is 0 Å². The Kier molecular flexibility index (Phi) is 1.63. The van der Waals surface area contributed by atoms with Crippen molar-refractivity contribution < 1.29 is 9.83 Å². The summed E-state index contributed by atoms with van der Waals surface area (Å²) in [5, 5.41) is 11.9. The van der Waals surface area contributed by atoms with Gasteiger partial charge in [-0.25, -0.2) is 10.1 Å². The lowest BCUT2D eigenvalue weighted by atomic mass is 9.65. The van der Waals surface area contributed by atoms with E-state index >= 15 is 0 Å². The Morgan fingerprint density at radius 2 is 2.18 bits per heavy atom. The molecule has 94 valence electrons. The average molecular weight is 239 g/mol. The lowest BCUT2D eigenvalue weighted by Crippen LogP contribution is -2.63. The van der Waals surface area contributed by atoms with Gasteiger partial charge in [-0.05, 0) is 25.2 Å². The number of primary amides is 1. The highest BCUT2D eigenvalue weighted by Crippen LogP contribution is 2.75. The third-order valence-corrected chi connectivity index (χ3v) is 6.13. The second-order valence-electron chi connectivity index (χ2n) is 6.21. The first-order valence-corrected chi connectivity index (χ1v) is 6.01. The van der Waals surface area contributed by atoms with Crippen molar-refractivity contribution in [3.8, 4) is 0 Å². The van der Waals surface area contributed by atoms with Crippen molar-refractivity contribution in [1.82, 2.24) is 5.01 Å². The fourth-order valence-electron chi connectivity index (χ4n) is 4.94. The Hall–Kier alpha value is -1.33. The van der Waals surface area contributed by atoms with Crippen molar-refractivity contribution in [2.24, 2.45) is 22.5 Å². The van der Waals surface area contributed by atoms with Crippen molar-refractivity contribution in [1.29, 1.82) is 0 Å². The molecule has 4 atom stereocenters. The molecular weight excluding hydrogens is 222 g/mol. The lowest BCUT2D eigenvalue weighted by Gasteiger charge is -2.40. The number of nitrogens with two attached hydrogens (primary N) is 1. The molecule has 1 aliphatic heterocycles. The van der Waals surface area contributed by atoms with Crippen molar-refractivity contribution in [2.45, 2.75) is 38.6 Å². The number of carbonyl (C=O) groups excluding carboxylic acids is 1. The van der Waals surface area contributed by atoms with E-state index in [4.69, 9.17) is 5.73 Å². The number of amides is 1. The van der Waals surface area contributed by atoms with E-state index in [1.165, 1.54) is 0 Å². The molecule has 2 saturated carbocycles. The number of nitrogens with zero attached hydrogens (tertiary/aromatic N) is 2. The van der Waals surface area contributed by atoms with Crippen LogP contribution in [-0.4, -0.2) is 28.0 Å². The molecule has 3 fully saturated rings. The molecule has 6 nitrogen and oxygen atoms in total. The highest BCUT2D eigenvalue weighted by atomic mass is 16.7. The summed E-state index contributed by atoms with van der Waals surface area (Å²) < 4.78 is 0. The van der Waals surface area contributed by atoms with Gasteiger partial charge in [-0.3, -0.25) is 4.79 Å². The molecular formula is C11H17N3O3. The molecule has 17 heavy (non-hydrogen) atoms. The summed E-state index contributed by atoms with van der Waals surface area (Å²) in [6.07, 6.45) is 2.48. The maximum Gasteiger partial charge on any atom is 0.249 e. The van der Waals surface area contributed by atoms with Gasteiger partial charge in [0, 0.05) is 10.8 Å². The largest absolute Gasteiger partial charge is 0.367 e. The molecule has 2 N–H and O–H groups in total. The number of hydrazine groups is 1. The predicted molar refractivity (Wildman–Crippen MR) is 59.2 cm³/mol. The third kappa shape index (κ3) is 0.788. The molecule has 0 aromatic rings. The molecule has 0 aromatic carbocycles. The summed E-state index contributed by atoms with van der Waals surface area (Å²) in [6.45, 7) is 4.44. The van der Waals surface area contributed by atoms with Gasteiger partial charge in [-0.1, -0.05) is 13.8 Å². The Morgan fingerprint density at radius 1 is 1.53 bits per heavy atom. The van der Waals surface area contributed by atoms with Crippen LogP contribution in [-0.2, 0) is 4.79 Å². The second-order valence-corrected chi connectivity index (χ2v) is 6.21. The minimum atomic E-state index is -1.06. The SMILES string of the molecule is CC12CN([N+](=O)[O-])C3(C(N)=O)CC1CCC23C. The van der Waals surface area contributed by atoms with E-state index in [0.29, 0.717) is 18.9 Å². The molecule has 6 heteroatoms. The van der Waals surface area contributed by atoms with Crippen molar-refractivity contribution in [3.63, 3.8) is 0 Å². The number of hydrogen-bond donors (Lipinski definition) is 1. The topological polar surface area (TPSA) is 89.5 Å². The van der Waals surface area contributed by atoms with E-state index < -0.39 is 16.5 Å². The molecule has 0 radical (unpaired) electrons. The fourth-order valence-corrected chi connectivity index (χ4v) is 4.94. The summed E-state index contributed by atoms with van der Waals surface area (Å²) in [4.78, 5) is 23.1. The standard InChI is InChI=1S/C11H17N3O3/c1-9-6-13(14(16)17)11(8(12)15)5-7(9)3-4-10(9,11)2/h7H,3-6H2,1-2H3,(H2,12,15). The monoisotopic (exact) mass is 239 g/mol. The first-order valence-electron chi connectivity index (χ1n) is 6.01. The zero-order valence-electron chi connectivity index (χ0n) is 10.1. The Bertz CT molecular complexity index is 440. The minimum Gasteiger partial charge on any atom is -0.367 e. The van der Waals surface area contributed by atoms with Crippen LogP contribution in [0.2, 0.25) is 0 Å². The van der Waals surface area contributed by atoms with Gasteiger partial charge in [-0.15, -0.1) is 5.01 Å². The smallest absolute Gasteiger partial charge is 0.249 e. The van der Waals surface area contributed by atoms with Crippen molar-refractivity contribution in [3.05, 3.63) is 10.1 Å². The second kappa shape index (κ2) is 2.57. The van der Waals surface area contributed by atoms with E-state index in [9.17, 15) is 14.9 Å². The number of rotatable bonds is 2. The van der Waals surface area contributed by atoms with Crippen LogP contribution >= 0.6 is 0 Å². The van der Waals surface area contributed by atoms with Crippen LogP contribution in [0.4, 0.5) is 0 Å².